The highest BCUT2D eigenvalue weighted by molar-refractivity contribution is 5.93. The quantitative estimate of drug-likeness (QED) is 0.909. The van der Waals surface area contributed by atoms with Gasteiger partial charge in [-0.3, -0.25) is 4.79 Å². The number of amides is 1. The molecule has 0 fully saturated rings. The summed E-state index contributed by atoms with van der Waals surface area (Å²) in [7, 11) is 0. The van der Waals surface area contributed by atoms with Crippen molar-refractivity contribution in [2.45, 2.75) is 13.1 Å². The van der Waals surface area contributed by atoms with E-state index in [4.69, 9.17) is 5.73 Å². The number of carbonyl (C=O) groups excluding carboxylic acids is 1. The molecule has 0 aliphatic rings. The van der Waals surface area contributed by atoms with Crippen molar-refractivity contribution in [2.24, 2.45) is 5.73 Å². The summed E-state index contributed by atoms with van der Waals surface area (Å²) < 4.78 is 39.8. The van der Waals surface area contributed by atoms with Crippen LogP contribution < -0.4 is 5.73 Å². The highest BCUT2D eigenvalue weighted by Crippen LogP contribution is 2.31. The summed E-state index contributed by atoms with van der Waals surface area (Å²) in [6.45, 7) is 1.64. The molecule has 2 rings (SSSR count). The van der Waals surface area contributed by atoms with Gasteiger partial charge in [0.1, 0.15) is 5.82 Å². The molecule has 0 radical (unpaired) electrons. The molecule has 0 unspecified atom stereocenters. The average Bonchev–Trinajstić information content (AvgIpc) is 2.73. The lowest BCUT2D eigenvalue weighted by molar-refractivity contribution is -0.137. The summed E-state index contributed by atoms with van der Waals surface area (Å²) in [5, 5.41) is 0. The molecule has 0 aliphatic carbocycles. The normalized spacial score (nSPS) is 11.6. The Hall–Kier alpha value is -2.31. The number of nitrogens with two attached hydrogens (primary N) is 1. The second kappa shape index (κ2) is 4.42. The average molecular weight is 269 g/mol. The minimum atomic E-state index is -4.55. The summed E-state index contributed by atoms with van der Waals surface area (Å²) in [4.78, 5) is 15.0. The van der Waals surface area contributed by atoms with Gasteiger partial charge in [0.15, 0.2) is 0 Å². The van der Waals surface area contributed by atoms with Crippen LogP contribution in [0.25, 0.3) is 5.69 Å². The van der Waals surface area contributed by atoms with Gasteiger partial charge in [-0.15, -0.1) is 0 Å². The number of alkyl halides is 3. The van der Waals surface area contributed by atoms with Crippen molar-refractivity contribution in [3.63, 3.8) is 0 Å². The lowest BCUT2D eigenvalue weighted by Crippen LogP contribution is -2.15. The van der Waals surface area contributed by atoms with Crippen LogP contribution in [0.2, 0.25) is 0 Å². The summed E-state index contributed by atoms with van der Waals surface area (Å²) >= 11 is 0. The van der Waals surface area contributed by atoms with Crippen LogP contribution in [0.1, 0.15) is 21.7 Å². The third kappa shape index (κ3) is 2.59. The summed E-state index contributed by atoms with van der Waals surface area (Å²) in [5.74, 6) is -0.403. The highest BCUT2D eigenvalue weighted by atomic mass is 19.4. The van der Waals surface area contributed by atoms with Crippen LogP contribution in [0, 0.1) is 6.92 Å². The van der Waals surface area contributed by atoms with Crippen molar-refractivity contribution in [3.05, 3.63) is 47.5 Å². The number of primary amides is 1. The van der Waals surface area contributed by atoms with Crippen LogP contribution in [0.4, 0.5) is 13.2 Å². The Kier molecular flexibility index (Phi) is 3.05. The van der Waals surface area contributed by atoms with Crippen LogP contribution in [-0.2, 0) is 6.18 Å². The number of aromatic nitrogens is 2. The topological polar surface area (TPSA) is 60.9 Å². The maximum absolute atomic E-state index is 12.8. The predicted octanol–water partition coefficient (Wildman–Crippen LogP) is 2.30. The molecule has 7 heteroatoms. The van der Waals surface area contributed by atoms with Crippen molar-refractivity contribution < 1.29 is 18.0 Å². The van der Waals surface area contributed by atoms with E-state index >= 15 is 0 Å². The number of carbonyl (C=O) groups is 1. The molecule has 1 aromatic carbocycles. The first kappa shape index (κ1) is 13.1. The Morgan fingerprint density at radius 1 is 1.32 bits per heavy atom. The first-order valence-corrected chi connectivity index (χ1v) is 5.31. The second-order valence-corrected chi connectivity index (χ2v) is 3.98. The lowest BCUT2D eigenvalue weighted by atomic mass is 10.1. The largest absolute Gasteiger partial charge is 0.416 e. The Morgan fingerprint density at radius 3 is 2.47 bits per heavy atom. The Balaban J connectivity index is 2.65. The van der Waals surface area contributed by atoms with Crippen molar-refractivity contribution in [2.75, 3.05) is 0 Å². The van der Waals surface area contributed by atoms with Crippen molar-refractivity contribution in [3.8, 4) is 5.69 Å². The monoisotopic (exact) mass is 269 g/mol. The zero-order valence-corrected chi connectivity index (χ0v) is 9.90. The number of nitrogens with zero attached hydrogens (tertiary/aromatic N) is 2. The molecule has 0 bridgehead atoms. The smallest absolute Gasteiger partial charge is 0.366 e. The van der Waals surface area contributed by atoms with Gasteiger partial charge in [-0.1, -0.05) is 0 Å². The molecule has 1 amide bonds. The molecule has 1 heterocycles. The minimum absolute atomic E-state index is 0.193. The molecule has 100 valence electrons. The van der Waals surface area contributed by atoms with Gasteiger partial charge in [0.05, 0.1) is 5.56 Å². The van der Waals surface area contributed by atoms with Crippen molar-refractivity contribution in [1.29, 1.82) is 0 Å². The molecule has 1 aromatic heterocycles. The van der Waals surface area contributed by atoms with Crippen molar-refractivity contribution in [1.82, 2.24) is 9.55 Å². The van der Waals surface area contributed by atoms with Gasteiger partial charge < -0.3 is 10.3 Å². The number of halogens is 3. The third-order valence-electron chi connectivity index (χ3n) is 2.63. The molecule has 0 saturated heterocycles. The van der Waals surface area contributed by atoms with Gasteiger partial charge in [-0.05, 0) is 25.1 Å². The maximum Gasteiger partial charge on any atom is 0.416 e. The van der Waals surface area contributed by atoms with Crippen LogP contribution in [0.3, 0.4) is 0 Å². The molecule has 0 aliphatic heterocycles. The fourth-order valence-corrected chi connectivity index (χ4v) is 1.71. The number of aryl methyl sites for hydroxylation is 1. The molecule has 4 nitrogen and oxygen atoms in total. The number of rotatable bonds is 2. The minimum Gasteiger partial charge on any atom is -0.366 e. The number of imidazole rings is 1. The van der Waals surface area contributed by atoms with E-state index in [1.54, 1.807) is 6.92 Å². The first-order valence-electron chi connectivity index (χ1n) is 5.31. The molecule has 19 heavy (non-hydrogen) atoms. The van der Waals surface area contributed by atoms with E-state index in [2.05, 4.69) is 4.98 Å². The number of benzene rings is 1. The van der Waals surface area contributed by atoms with E-state index in [0.29, 0.717) is 5.82 Å². The van der Waals surface area contributed by atoms with Gasteiger partial charge in [0.25, 0.3) is 0 Å². The van der Waals surface area contributed by atoms with E-state index in [0.717, 1.165) is 12.1 Å². The van der Waals surface area contributed by atoms with Gasteiger partial charge >= 0.3 is 6.18 Å². The molecular weight excluding hydrogens is 259 g/mol. The van der Waals surface area contributed by atoms with Crippen molar-refractivity contribution >= 4 is 5.91 Å². The van der Waals surface area contributed by atoms with E-state index in [9.17, 15) is 18.0 Å². The van der Waals surface area contributed by atoms with E-state index < -0.39 is 17.6 Å². The summed E-state index contributed by atoms with van der Waals surface area (Å²) in [6.07, 6.45) is -1.58. The summed E-state index contributed by atoms with van der Waals surface area (Å²) in [6, 6.07) is 2.98. The van der Waals surface area contributed by atoms with Crippen LogP contribution in [0.15, 0.2) is 30.6 Å². The predicted molar refractivity (Wildman–Crippen MR) is 61.8 cm³/mol. The van der Waals surface area contributed by atoms with E-state index in [1.165, 1.54) is 23.0 Å². The fraction of sp³-hybridized carbons (Fsp3) is 0.167. The van der Waals surface area contributed by atoms with E-state index in [1.807, 2.05) is 0 Å². The van der Waals surface area contributed by atoms with Crippen LogP contribution >= 0.6 is 0 Å². The van der Waals surface area contributed by atoms with Crippen LogP contribution in [-0.4, -0.2) is 15.5 Å². The van der Waals surface area contributed by atoms with Gasteiger partial charge in [0, 0.05) is 23.6 Å². The molecular formula is C12H10F3N3O. The number of hydrogen-bond donors (Lipinski definition) is 1. The SMILES string of the molecule is Cc1nccn1-c1cc(C(N)=O)cc(C(F)(F)F)c1. The molecule has 2 aromatic rings. The maximum atomic E-state index is 12.8. The third-order valence-corrected chi connectivity index (χ3v) is 2.63. The lowest BCUT2D eigenvalue weighted by Gasteiger charge is -2.12. The zero-order chi connectivity index (χ0) is 14.2. The van der Waals surface area contributed by atoms with Crippen LogP contribution in [0.5, 0.6) is 0 Å². The molecule has 0 saturated carbocycles. The first-order chi connectivity index (χ1) is 8.79. The molecule has 0 spiro atoms. The second-order valence-electron chi connectivity index (χ2n) is 3.98. The number of hydrogen-bond acceptors (Lipinski definition) is 2. The zero-order valence-electron chi connectivity index (χ0n) is 9.90. The fourth-order valence-electron chi connectivity index (χ4n) is 1.71. The Bertz CT molecular complexity index is 631. The van der Waals surface area contributed by atoms with E-state index in [-0.39, 0.29) is 11.3 Å². The summed E-state index contributed by atoms with van der Waals surface area (Å²) in [5.41, 5.74) is 4.13. The van der Waals surface area contributed by atoms with Gasteiger partial charge in [0.2, 0.25) is 5.91 Å². The van der Waals surface area contributed by atoms with Gasteiger partial charge in [-0.2, -0.15) is 13.2 Å². The molecule has 0 atom stereocenters. The standard InChI is InChI=1S/C12H10F3N3O/c1-7-17-2-3-18(7)10-5-8(11(16)19)4-9(6-10)12(13,14)15/h2-6H,1H3,(H2,16,19). The van der Waals surface area contributed by atoms with Gasteiger partial charge in [-0.25, -0.2) is 4.98 Å². The highest BCUT2D eigenvalue weighted by Gasteiger charge is 2.31. The Morgan fingerprint density at radius 2 is 2.00 bits per heavy atom. The molecule has 2 N–H and O–H groups in total. The Labute approximate surface area is 106 Å².